The quantitative estimate of drug-likeness (QED) is 0.806. The minimum absolute atomic E-state index is 0.277. The summed E-state index contributed by atoms with van der Waals surface area (Å²) in [6.45, 7) is 0. The third-order valence-corrected chi connectivity index (χ3v) is 4.33. The van der Waals surface area contributed by atoms with E-state index in [0.29, 0.717) is 17.3 Å². The third kappa shape index (κ3) is 4.54. The highest BCUT2D eigenvalue weighted by molar-refractivity contribution is 6.04. The Kier molecular flexibility index (Phi) is 5.41. The summed E-state index contributed by atoms with van der Waals surface area (Å²) >= 11 is 0. The van der Waals surface area contributed by atoms with E-state index in [1.165, 1.54) is 62.8 Å². The number of hydrogen-bond acceptors (Lipinski definition) is 3. The summed E-state index contributed by atoms with van der Waals surface area (Å²) < 4.78 is 12.9. The van der Waals surface area contributed by atoms with E-state index in [2.05, 4.69) is 15.6 Å². The number of rotatable bonds is 4. The largest absolute Gasteiger partial charge is 0.367 e. The molecule has 1 fully saturated rings. The minimum Gasteiger partial charge on any atom is -0.367 e. The fraction of sp³-hybridized carbons (Fsp3) is 0.368. The Balaban J connectivity index is 1.57. The van der Waals surface area contributed by atoms with Crippen molar-refractivity contribution in [2.45, 2.75) is 44.6 Å². The molecule has 0 atom stereocenters. The van der Waals surface area contributed by atoms with E-state index in [-0.39, 0.29) is 11.7 Å². The predicted molar refractivity (Wildman–Crippen MR) is 93.7 cm³/mol. The van der Waals surface area contributed by atoms with Crippen molar-refractivity contribution >= 4 is 17.4 Å². The molecule has 2 N–H and O–H groups in total. The molecular formula is C19H22FN3O. The van der Waals surface area contributed by atoms with E-state index in [9.17, 15) is 9.18 Å². The van der Waals surface area contributed by atoms with Gasteiger partial charge in [-0.3, -0.25) is 4.79 Å². The van der Waals surface area contributed by atoms with Crippen molar-refractivity contribution in [3.8, 4) is 0 Å². The fourth-order valence-corrected chi connectivity index (χ4v) is 2.99. The molecule has 0 bridgehead atoms. The average Bonchev–Trinajstić information content (AvgIpc) is 2.86. The molecule has 1 saturated carbocycles. The zero-order valence-electron chi connectivity index (χ0n) is 13.6. The van der Waals surface area contributed by atoms with Crippen LogP contribution in [0, 0.1) is 5.82 Å². The fourth-order valence-electron chi connectivity index (χ4n) is 2.99. The maximum atomic E-state index is 12.9. The molecule has 5 heteroatoms. The van der Waals surface area contributed by atoms with E-state index in [1.54, 1.807) is 6.20 Å². The van der Waals surface area contributed by atoms with Gasteiger partial charge >= 0.3 is 0 Å². The van der Waals surface area contributed by atoms with E-state index in [4.69, 9.17) is 0 Å². The molecule has 0 spiro atoms. The van der Waals surface area contributed by atoms with Crippen LogP contribution in [0.15, 0.2) is 42.6 Å². The molecule has 0 saturated heterocycles. The van der Waals surface area contributed by atoms with Crippen molar-refractivity contribution in [1.29, 1.82) is 0 Å². The van der Waals surface area contributed by atoms with Crippen LogP contribution in [0.2, 0.25) is 0 Å². The molecule has 4 nitrogen and oxygen atoms in total. The molecule has 3 rings (SSSR count). The average molecular weight is 327 g/mol. The highest BCUT2D eigenvalue weighted by Gasteiger charge is 2.12. The number of hydrogen-bond donors (Lipinski definition) is 2. The smallest absolute Gasteiger partial charge is 0.255 e. The molecule has 0 radical (unpaired) electrons. The number of anilines is 2. The Labute approximate surface area is 141 Å². The number of amides is 1. The van der Waals surface area contributed by atoms with Gasteiger partial charge in [0.1, 0.15) is 11.6 Å². The first kappa shape index (κ1) is 16.4. The molecule has 0 aliphatic heterocycles. The Bertz CT molecular complexity index is 662. The summed E-state index contributed by atoms with van der Waals surface area (Å²) in [6.07, 6.45) is 9.18. The van der Waals surface area contributed by atoms with Crippen LogP contribution in [0.3, 0.4) is 0 Å². The Morgan fingerprint density at radius 1 is 1.00 bits per heavy atom. The topological polar surface area (TPSA) is 54.0 Å². The minimum atomic E-state index is -0.359. The maximum Gasteiger partial charge on any atom is 0.255 e. The van der Waals surface area contributed by atoms with Crippen molar-refractivity contribution in [2.24, 2.45) is 0 Å². The van der Waals surface area contributed by atoms with Crippen LogP contribution in [-0.4, -0.2) is 16.9 Å². The first-order valence-corrected chi connectivity index (χ1v) is 8.50. The predicted octanol–water partition coefficient (Wildman–Crippen LogP) is 4.61. The Morgan fingerprint density at radius 2 is 1.71 bits per heavy atom. The Hall–Kier alpha value is -2.43. The number of pyridine rings is 1. The molecule has 1 amide bonds. The lowest BCUT2D eigenvalue weighted by molar-refractivity contribution is 0.102. The van der Waals surface area contributed by atoms with Gasteiger partial charge < -0.3 is 10.6 Å². The van der Waals surface area contributed by atoms with E-state index in [1.807, 2.05) is 12.1 Å². The van der Waals surface area contributed by atoms with Crippen LogP contribution in [0.1, 0.15) is 48.9 Å². The van der Waals surface area contributed by atoms with E-state index < -0.39 is 0 Å². The summed E-state index contributed by atoms with van der Waals surface area (Å²) in [5.41, 5.74) is 1.03. The normalized spacial score (nSPS) is 15.5. The van der Waals surface area contributed by atoms with Crippen LogP contribution >= 0.6 is 0 Å². The van der Waals surface area contributed by atoms with Crippen LogP contribution in [0.4, 0.5) is 15.9 Å². The SMILES string of the molecule is O=C(Nc1ccc(NC2CCCCCC2)nc1)c1ccc(F)cc1. The molecule has 0 unspecified atom stereocenters. The van der Waals surface area contributed by atoms with Crippen molar-refractivity contribution in [3.63, 3.8) is 0 Å². The van der Waals surface area contributed by atoms with Crippen LogP contribution in [0.25, 0.3) is 0 Å². The standard InChI is InChI=1S/C19H22FN3O/c20-15-9-7-14(8-10-15)19(24)23-17-11-12-18(21-13-17)22-16-5-3-1-2-4-6-16/h7-13,16H,1-6H2,(H,21,22)(H,23,24). The first-order chi connectivity index (χ1) is 11.7. The molecular weight excluding hydrogens is 305 g/mol. The van der Waals surface area contributed by atoms with Gasteiger partial charge in [0, 0.05) is 11.6 Å². The molecule has 1 aliphatic rings. The molecule has 1 aromatic carbocycles. The number of nitrogens with zero attached hydrogens (tertiary/aromatic N) is 1. The second kappa shape index (κ2) is 7.90. The van der Waals surface area contributed by atoms with Crippen LogP contribution in [0.5, 0.6) is 0 Å². The monoisotopic (exact) mass is 327 g/mol. The number of benzene rings is 1. The molecule has 1 aliphatic carbocycles. The number of halogens is 1. The van der Waals surface area contributed by atoms with Gasteiger partial charge in [-0.15, -0.1) is 0 Å². The van der Waals surface area contributed by atoms with Crippen molar-refractivity contribution in [1.82, 2.24) is 4.98 Å². The zero-order chi connectivity index (χ0) is 16.8. The second-order valence-electron chi connectivity index (χ2n) is 6.23. The molecule has 126 valence electrons. The molecule has 2 aromatic rings. The number of carbonyl (C=O) groups is 1. The number of nitrogens with one attached hydrogen (secondary N) is 2. The van der Waals surface area contributed by atoms with Crippen LogP contribution < -0.4 is 10.6 Å². The van der Waals surface area contributed by atoms with E-state index >= 15 is 0 Å². The van der Waals surface area contributed by atoms with Gasteiger partial charge in [-0.2, -0.15) is 0 Å². The molecule has 1 aromatic heterocycles. The van der Waals surface area contributed by atoms with Gasteiger partial charge in [-0.05, 0) is 49.2 Å². The van der Waals surface area contributed by atoms with Crippen molar-refractivity contribution in [3.05, 3.63) is 54.0 Å². The zero-order valence-corrected chi connectivity index (χ0v) is 13.6. The van der Waals surface area contributed by atoms with Gasteiger partial charge in [-0.1, -0.05) is 25.7 Å². The summed E-state index contributed by atoms with van der Waals surface area (Å²) in [5.74, 6) is 0.199. The van der Waals surface area contributed by atoms with Gasteiger partial charge in [-0.25, -0.2) is 9.37 Å². The second-order valence-corrected chi connectivity index (χ2v) is 6.23. The first-order valence-electron chi connectivity index (χ1n) is 8.50. The Morgan fingerprint density at radius 3 is 2.33 bits per heavy atom. The van der Waals surface area contributed by atoms with Crippen molar-refractivity contribution < 1.29 is 9.18 Å². The number of aromatic nitrogens is 1. The number of carbonyl (C=O) groups excluding carboxylic acids is 1. The highest BCUT2D eigenvalue weighted by atomic mass is 19.1. The van der Waals surface area contributed by atoms with Crippen LogP contribution in [-0.2, 0) is 0 Å². The van der Waals surface area contributed by atoms with E-state index in [0.717, 1.165) is 5.82 Å². The summed E-state index contributed by atoms with van der Waals surface area (Å²) in [4.78, 5) is 16.5. The third-order valence-electron chi connectivity index (χ3n) is 4.33. The molecule has 1 heterocycles. The lowest BCUT2D eigenvalue weighted by atomic mass is 10.1. The highest BCUT2D eigenvalue weighted by Crippen LogP contribution is 2.21. The molecule has 24 heavy (non-hydrogen) atoms. The summed E-state index contributed by atoms with van der Waals surface area (Å²) in [5, 5.41) is 6.24. The lowest BCUT2D eigenvalue weighted by Crippen LogP contribution is -2.19. The maximum absolute atomic E-state index is 12.9. The van der Waals surface area contributed by atoms with Gasteiger partial charge in [0.05, 0.1) is 11.9 Å². The summed E-state index contributed by atoms with van der Waals surface area (Å²) in [6, 6.07) is 9.65. The van der Waals surface area contributed by atoms with Gasteiger partial charge in [0.25, 0.3) is 5.91 Å². The van der Waals surface area contributed by atoms with Gasteiger partial charge in [0.2, 0.25) is 0 Å². The lowest BCUT2D eigenvalue weighted by Gasteiger charge is -2.17. The van der Waals surface area contributed by atoms with Crippen molar-refractivity contribution in [2.75, 3.05) is 10.6 Å². The van der Waals surface area contributed by atoms with Gasteiger partial charge in [0.15, 0.2) is 0 Å². The summed E-state index contributed by atoms with van der Waals surface area (Å²) in [7, 11) is 0.